The predicted octanol–water partition coefficient (Wildman–Crippen LogP) is 3.44. The van der Waals surface area contributed by atoms with Crippen molar-refractivity contribution in [3.05, 3.63) is 22.4 Å². The number of carbonyl (C=O) groups is 1. The fraction of sp³-hybridized carbons (Fsp3) is 0.688. The second kappa shape index (κ2) is 6.79. The van der Waals surface area contributed by atoms with Gasteiger partial charge in [-0.25, -0.2) is 4.79 Å². The van der Waals surface area contributed by atoms with Gasteiger partial charge in [-0.15, -0.1) is 11.3 Å². The van der Waals surface area contributed by atoms with E-state index in [1.807, 2.05) is 25.7 Å². The lowest BCUT2D eigenvalue weighted by atomic mass is 9.83. The zero-order chi connectivity index (χ0) is 15.5. The number of carbonyl (C=O) groups excluding carboxylic acids is 1. The first-order valence-electron chi connectivity index (χ1n) is 7.62. The number of rotatable bonds is 3. The molecule has 1 unspecified atom stereocenters. The first kappa shape index (κ1) is 16.3. The molecule has 1 aromatic heterocycles. The Morgan fingerprint density at radius 2 is 2.14 bits per heavy atom. The van der Waals surface area contributed by atoms with Crippen molar-refractivity contribution in [1.82, 2.24) is 4.90 Å². The highest BCUT2D eigenvalue weighted by molar-refractivity contribution is 7.10. The summed E-state index contributed by atoms with van der Waals surface area (Å²) in [6.07, 6.45) is 1.80. The van der Waals surface area contributed by atoms with Crippen LogP contribution in [-0.2, 0) is 4.74 Å². The quantitative estimate of drug-likeness (QED) is 0.930. The minimum atomic E-state index is -0.426. The zero-order valence-electron chi connectivity index (χ0n) is 13.2. The molecule has 2 N–H and O–H groups in total. The van der Waals surface area contributed by atoms with Gasteiger partial charge in [-0.05, 0) is 51.0 Å². The zero-order valence-corrected chi connectivity index (χ0v) is 14.0. The van der Waals surface area contributed by atoms with Gasteiger partial charge in [0.1, 0.15) is 5.60 Å². The molecule has 0 bridgehead atoms. The standard InChI is InChI=1S/C16H26N2O2S/c1-16(2,3)20-15(19)18-8-6-12(7-9-18)13(11-17)14-5-4-10-21-14/h4-5,10,12-13H,6-9,11,17H2,1-3H3. The van der Waals surface area contributed by atoms with Crippen LogP contribution in [0.1, 0.15) is 44.4 Å². The van der Waals surface area contributed by atoms with Crippen LogP contribution in [0.3, 0.4) is 0 Å². The fourth-order valence-electron chi connectivity index (χ4n) is 2.85. The van der Waals surface area contributed by atoms with Crippen LogP contribution < -0.4 is 5.73 Å². The number of thiophene rings is 1. The van der Waals surface area contributed by atoms with Crippen molar-refractivity contribution in [2.75, 3.05) is 19.6 Å². The van der Waals surface area contributed by atoms with Crippen LogP contribution in [-0.4, -0.2) is 36.2 Å². The van der Waals surface area contributed by atoms with Crippen molar-refractivity contribution in [1.29, 1.82) is 0 Å². The number of hydrogen-bond donors (Lipinski definition) is 1. The summed E-state index contributed by atoms with van der Waals surface area (Å²) in [5, 5.41) is 2.10. The Morgan fingerprint density at radius 1 is 1.48 bits per heavy atom. The van der Waals surface area contributed by atoms with Crippen molar-refractivity contribution in [2.24, 2.45) is 11.7 Å². The molecule has 118 valence electrons. The van der Waals surface area contributed by atoms with E-state index < -0.39 is 5.60 Å². The van der Waals surface area contributed by atoms with Gasteiger partial charge in [-0.1, -0.05) is 6.07 Å². The van der Waals surface area contributed by atoms with Gasteiger partial charge in [0, 0.05) is 30.4 Å². The molecule has 2 rings (SSSR count). The number of ether oxygens (including phenoxy) is 1. The average Bonchev–Trinajstić information content (AvgIpc) is 2.92. The molecular weight excluding hydrogens is 284 g/mol. The lowest BCUT2D eigenvalue weighted by Gasteiger charge is -2.36. The van der Waals surface area contributed by atoms with E-state index in [1.54, 1.807) is 11.3 Å². The molecule has 1 saturated heterocycles. The van der Waals surface area contributed by atoms with Gasteiger partial charge >= 0.3 is 6.09 Å². The molecule has 1 atom stereocenters. The van der Waals surface area contributed by atoms with Crippen LogP contribution in [0.2, 0.25) is 0 Å². The molecule has 1 aliphatic rings. The van der Waals surface area contributed by atoms with Crippen molar-refractivity contribution in [2.45, 2.75) is 45.1 Å². The lowest BCUT2D eigenvalue weighted by molar-refractivity contribution is 0.0175. The predicted molar refractivity (Wildman–Crippen MR) is 86.6 cm³/mol. The summed E-state index contributed by atoms with van der Waals surface area (Å²) in [4.78, 5) is 15.3. The largest absolute Gasteiger partial charge is 0.444 e. The van der Waals surface area contributed by atoms with Crippen molar-refractivity contribution >= 4 is 17.4 Å². The monoisotopic (exact) mass is 310 g/mol. The molecule has 1 amide bonds. The Kier molecular flexibility index (Phi) is 5.27. The summed E-state index contributed by atoms with van der Waals surface area (Å²) in [5.74, 6) is 0.984. The highest BCUT2D eigenvalue weighted by Gasteiger charge is 2.31. The van der Waals surface area contributed by atoms with Gasteiger partial charge in [0.05, 0.1) is 0 Å². The number of hydrogen-bond acceptors (Lipinski definition) is 4. The molecule has 5 heteroatoms. The molecule has 1 aromatic rings. The van der Waals surface area contributed by atoms with E-state index in [9.17, 15) is 4.79 Å². The number of nitrogens with two attached hydrogens (primary N) is 1. The summed E-state index contributed by atoms with van der Waals surface area (Å²) in [6, 6.07) is 4.25. The normalized spacial score (nSPS) is 18.6. The van der Waals surface area contributed by atoms with Gasteiger partial charge in [-0.3, -0.25) is 0 Å². The Balaban J connectivity index is 1.89. The Bertz CT molecular complexity index is 445. The molecule has 0 spiro atoms. The third kappa shape index (κ3) is 4.45. The number of piperidine rings is 1. The minimum absolute atomic E-state index is 0.193. The van der Waals surface area contributed by atoms with Crippen LogP contribution in [0.15, 0.2) is 17.5 Å². The topological polar surface area (TPSA) is 55.6 Å². The summed E-state index contributed by atoms with van der Waals surface area (Å²) in [6.45, 7) is 7.91. The van der Waals surface area contributed by atoms with E-state index in [0.29, 0.717) is 18.4 Å². The van der Waals surface area contributed by atoms with Crippen LogP contribution in [0.4, 0.5) is 4.79 Å². The van der Waals surface area contributed by atoms with E-state index in [1.165, 1.54) is 4.88 Å². The highest BCUT2D eigenvalue weighted by Crippen LogP contribution is 2.34. The maximum absolute atomic E-state index is 12.1. The van der Waals surface area contributed by atoms with Crippen molar-refractivity contribution in [3.8, 4) is 0 Å². The molecule has 1 fully saturated rings. The fourth-order valence-corrected chi connectivity index (χ4v) is 3.79. The van der Waals surface area contributed by atoms with Crippen LogP contribution in [0.5, 0.6) is 0 Å². The SMILES string of the molecule is CC(C)(C)OC(=O)N1CCC(C(CN)c2cccs2)CC1. The van der Waals surface area contributed by atoms with E-state index >= 15 is 0 Å². The molecule has 0 saturated carbocycles. The second-order valence-electron chi connectivity index (χ2n) is 6.66. The molecule has 0 aliphatic carbocycles. The molecule has 0 aromatic carbocycles. The third-order valence-corrected chi connectivity index (χ3v) is 4.93. The Hall–Kier alpha value is -1.07. The summed E-state index contributed by atoms with van der Waals surface area (Å²) in [5.41, 5.74) is 5.55. The van der Waals surface area contributed by atoms with E-state index in [2.05, 4.69) is 17.5 Å². The van der Waals surface area contributed by atoms with Crippen LogP contribution in [0, 0.1) is 5.92 Å². The maximum Gasteiger partial charge on any atom is 0.410 e. The number of nitrogens with zero attached hydrogens (tertiary/aromatic N) is 1. The van der Waals surface area contributed by atoms with Gasteiger partial charge in [0.15, 0.2) is 0 Å². The first-order valence-corrected chi connectivity index (χ1v) is 8.50. The molecule has 0 radical (unpaired) electrons. The van der Waals surface area contributed by atoms with Gasteiger partial charge < -0.3 is 15.4 Å². The first-order chi connectivity index (χ1) is 9.90. The average molecular weight is 310 g/mol. The Morgan fingerprint density at radius 3 is 2.62 bits per heavy atom. The molecule has 1 aliphatic heterocycles. The highest BCUT2D eigenvalue weighted by atomic mass is 32.1. The van der Waals surface area contributed by atoms with E-state index in [-0.39, 0.29) is 6.09 Å². The van der Waals surface area contributed by atoms with Gasteiger partial charge in [0.25, 0.3) is 0 Å². The summed E-state index contributed by atoms with van der Waals surface area (Å²) in [7, 11) is 0. The summed E-state index contributed by atoms with van der Waals surface area (Å²) >= 11 is 1.78. The maximum atomic E-state index is 12.1. The molecule has 21 heavy (non-hydrogen) atoms. The van der Waals surface area contributed by atoms with E-state index in [0.717, 1.165) is 25.9 Å². The molecule has 2 heterocycles. The van der Waals surface area contributed by atoms with E-state index in [4.69, 9.17) is 10.5 Å². The molecular formula is C16H26N2O2S. The summed E-state index contributed by atoms with van der Waals surface area (Å²) < 4.78 is 5.44. The van der Waals surface area contributed by atoms with Gasteiger partial charge in [-0.2, -0.15) is 0 Å². The van der Waals surface area contributed by atoms with Gasteiger partial charge in [0.2, 0.25) is 0 Å². The second-order valence-corrected chi connectivity index (χ2v) is 7.64. The number of likely N-dealkylation sites (tertiary alicyclic amines) is 1. The third-order valence-electron chi connectivity index (χ3n) is 3.92. The minimum Gasteiger partial charge on any atom is -0.444 e. The smallest absolute Gasteiger partial charge is 0.410 e. The Labute approximate surface area is 131 Å². The molecule has 4 nitrogen and oxygen atoms in total. The lowest BCUT2D eigenvalue weighted by Crippen LogP contribution is -2.43. The van der Waals surface area contributed by atoms with Crippen molar-refractivity contribution in [3.63, 3.8) is 0 Å². The number of amides is 1. The van der Waals surface area contributed by atoms with Crippen LogP contribution in [0.25, 0.3) is 0 Å². The van der Waals surface area contributed by atoms with Crippen LogP contribution >= 0.6 is 11.3 Å². The van der Waals surface area contributed by atoms with Crippen molar-refractivity contribution < 1.29 is 9.53 Å².